The molecule has 0 bridgehead atoms. The third-order valence-corrected chi connectivity index (χ3v) is 4.48. The Morgan fingerprint density at radius 2 is 1.63 bits per heavy atom. The number of amides is 2. The number of hydrogen-bond donors (Lipinski definition) is 4. The minimum atomic E-state index is -1.69. The van der Waals surface area contributed by atoms with Gasteiger partial charge in [0, 0.05) is 5.02 Å². The maximum absolute atomic E-state index is 12.7. The van der Waals surface area contributed by atoms with Crippen molar-refractivity contribution in [3.63, 3.8) is 0 Å². The topological polar surface area (TPSA) is 98.7 Å². The molecule has 27 heavy (non-hydrogen) atoms. The van der Waals surface area contributed by atoms with E-state index in [0.717, 1.165) is 0 Å². The first-order valence-electron chi connectivity index (χ1n) is 8.93. The van der Waals surface area contributed by atoms with Crippen molar-refractivity contribution in [2.24, 2.45) is 11.8 Å². The summed E-state index contributed by atoms with van der Waals surface area (Å²) < 4.78 is 0. The zero-order valence-corrected chi connectivity index (χ0v) is 17.5. The van der Waals surface area contributed by atoms with E-state index in [4.69, 9.17) is 23.2 Å². The van der Waals surface area contributed by atoms with Crippen molar-refractivity contribution in [1.29, 1.82) is 0 Å². The normalized spacial score (nSPS) is 13.4. The zero-order valence-electron chi connectivity index (χ0n) is 16.0. The van der Waals surface area contributed by atoms with E-state index < -0.39 is 30.9 Å². The van der Waals surface area contributed by atoms with E-state index in [0.29, 0.717) is 17.9 Å². The second kappa shape index (κ2) is 10.9. The molecule has 6 nitrogen and oxygen atoms in total. The molecule has 1 aromatic rings. The number of benzene rings is 1. The quantitative estimate of drug-likeness (QED) is 0.465. The van der Waals surface area contributed by atoms with Gasteiger partial charge in [-0.2, -0.15) is 0 Å². The van der Waals surface area contributed by atoms with Crippen molar-refractivity contribution >= 4 is 42.1 Å². The van der Waals surface area contributed by atoms with E-state index in [1.54, 1.807) is 6.07 Å². The van der Waals surface area contributed by atoms with Crippen molar-refractivity contribution in [3.05, 3.63) is 33.8 Å². The Bertz CT molecular complexity index is 656. The lowest BCUT2D eigenvalue weighted by Gasteiger charge is -2.25. The summed E-state index contributed by atoms with van der Waals surface area (Å²) in [7, 11) is -1.69. The van der Waals surface area contributed by atoms with Crippen molar-refractivity contribution in [3.8, 4) is 0 Å². The van der Waals surface area contributed by atoms with E-state index in [1.807, 2.05) is 27.7 Å². The van der Waals surface area contributed by atoms with Crippen LogP contribution in [0.4, 0.5) is 0 Å². The highest BCUT2D eigenvalue weighted by atomic mass is 35.5. The summed E-state index contributed by atoms with van der Waals surface area (Å²) in [6.45, 7) is 7.67. The fourth-order valence-corrected chi connectivity index (χ4v) is 3.03. The van der Waals surface area contributed by atoms with Crippen LogP contribution >= 0.6 is 23.2 Å². The average molecular weight is 417 g/mol. The Morgan fingerprint density at radius 3 is 2.15 bits per heavy atom. The summed E-state index contributed by atoms with van der Waals surface area (Å²) in [5, 5.41) is 24.9. The average Bonchev–Trinajstić information content (AvgIpc) is 2.54. The van der Waals surface area contributed by atoms with Gasteiger partial charge in [-0.1, -0.05) is 50.9 Å². The summed E-state index contributed by atoms with van der Waals surface area (Å²) in [5.74, 6) is -1.54. The zero-order chi connectivity index (χ0) is 20.7. The number of hydrogen-bond acceptors (Lipinski definition) is 4. The van der Waals surface area contributed by atoms with Gasteiger partial charge in [-0.3, -0.25) is 9.59 Å². The van der Waals surface area contributed by atoms with Gasteiger partial charge in [0.15, 0.2) is 0 Å². The van der Waals surface area contributed by atoms with Crippen LogP contribution in [-0.4, -0.2) is 41.0 Å². The molecule has 0 spiro atoms. The highest BCUT2D eigenvalue weighted by molar-refractivity contribution is 6.43. The van der Waals surface area contributed by atoms with Crippen LogP contribution in [-0.2, 0) is 4.79 Å². The van der Waals surface area contributed by atoms with Crippen LogP contribution < -0.4 is 10.6 Å². The van der Waals surface area contributed by atoms with Crippen LogP contribution in [0.15, 0.2) is 18.2 Å². The molecule has 0 aliphatic heterocycles. The summed E-state index contributed by atoms with van der Waals surface area (Å²) >= 11 is 12.0. The Kier molecular flexibility index (Phi) is 9.60. The second-order valence-electron chi connectivity index (χ2n) is 7.44. The van der Waals surface area contributed by atoms with E-state index in [-0.39, 0.29) is 22.4 Å². The van der Waals surface area contributed by atoms with Crippen molar-refractivity contribution in [2.75, 3.05) is 0 Å². The largest absolute Gasteiger partial charge is 0.475 e. The molecule has 9 heteroatoms. The maximum atomic E-state index is 12.7. The highest BCUT2D eigenvalue weighted by Crippen LogP contribution is 2.21. The molecule has 4 N–H and O–H groups in total. The van der Waals surface area contributed by atoms with Gasteiger partial charge < -0.3 is 20.7 Å². The van der Waals surface area contributed by atoms with Gasteiger partial charge in [0.1, 0.15) is 6.04 Å². The molecule has 150 valence electrons. The molecule has 0 aliphatic carbocycles. The number of halogens is 2. The maximum Gasteiger partial charge on any atom is 0.475 e. The molecule has 2 atom stereocenters. The molecule has 2 amide bonds. The van der Waals surface area contributed by atoms with Gasteiger partial charge in [-0.05, 0) is 42.9 Å². The molecule has 1 aromatic carbocycles. The standard InChI is InChI=1S/C18H27BCl2N2O4/c1-10(2)7-15(18(25)23-16(19(26)27)8-11(3)4)22-17(24)13-9-12(20)5-6-14(13)21/h5-6,9-11,15-16,26-27H,7-8H2,1-4H3,(H,22,24)(H,23,25)/t15-,16-/m0/s1. The van der Waals surface area contributed by atoms with Gasteiger partial charge in [-0.15, -0.1) is 0 Å². The summed E-state index contributed by atoms with van der Waals surface area (Å²) in [5.41, 5.74) is 0.173. The Morgan fingerprint density at radius 1 is 1.04 bits per heavy atom. The molecule has 0 fully saturated rings. The van der Waals surface area contributed by atoms with Gasteiger partial charge in [0.25, 0.3) is 5.91 Å². The Labute approximate surface area is 170 Å². The minimum absolute atomic E-state index is 0.124. The first-order valence-corrected chi connectivity index (χ1v) is 9.69. The Balaban J connectivity index is 2.95. The summed E-state index contributed by atoms with van der Waals surface area (Å²) in [4.78, 5) is 25.3. The van der Waals surface area contributed by atoms with E-state index in [1.165, 1.54) is 12.1 Å². The molecule has 0 saturated heterocycles. The van der Waals surface area contributed by atoms with Gasteiger partial charge in [-0.25, -0.2) is 0 Å². The highest BCUT2D eigenvalue weighted by Gasteiger charge is 2.30. The second-order valence-corrected chi connectivity index (χ2v) is 8.28. The van der Waals surface area contributed by atoms with E-state index in [9.17, 15) is 19.6 Å². The molecule has 0 saturated carbocycles. The molecule has 0 aromatic heterocycles. The number of carbonyl (C=O) groups is 2. The van der Waals surface area contributed by atoms with Crippen molar-refractivity contribution in [1.82, 2.24) is 10.6 Å². The summed E-state index contributed by atoms with van der Waals surface area (Å²) in [6, 6.07) is 3.67. The SMILES string of the molecule is CC(C)C[C@H](NC(=O)[C@H](CC(C)C)NC(=O)c1cc(Cl)ccc1Cl)B(O)O. The fourth-order valence-electron chi connectivity index (χ4n) is 2.66. The van der Waals surface area contributed by atoms with E-state index in [2.05, 4.69) is 10.6 Å². The Hall–Kier alpha value is -1.28. The third-order valence-electron chi connectivity index (χ3n) is 3.91. The lowest BCUT2D eigenvalue weighted by atomic mass is 9.75. The lowest BCUT2D eigenvalue weighted by molar-refractivity contribution is -0.123. The predicted molar refractivity (Wildman–Crippen MR) is 109 cm³/mol. The predicted octanol–water partition coefficient (Wildman–Crippen LogP) is 2.68. The fraction of sp³-hybridized carbons (Fsp3) is 0.556. The first kappa shape index (κ1) is 23.8. The molecular weight excluding hydrogens is 390 g/mol. The van der Waals surface area contributed by atoms with Crippen molar-refractivity contribution in [2.45, 2.75) is 52.5 Å². The first-order chi connectivity index (χ1) is 12.5. The third kappa shape index (κ3) is 8.09. The monoisotopic (exact) mass is 416 g/mol. The number of nitrogens with one attached hydrogen (secondary N) is 2. The molecule has 0 aliphatic rings. The van der Waals surface area contributed by atoms with Crippen LogP contribution in [0.1, 0.15) is 50.9 Å². The van der Waals surface area contributed by atoms with Gasteiger partial charge in [0.2, 0.25) is 5.91 Å². The smallest absolute Gasteiger partial charge is 0.426 e. The molecule has 0 unspecified atom stereocenters. The molecule has 1 rings (SSSR count). The van der Waals surface area contributed by atoms with Gasteiger partial charge >= 0.3 is 7.12 Å². The van der Waals surface area contributed by atoms with Gasteiger partial charge in [0.05, 0.1) is 16.5 Å². The molecule has 0 heterocycles. The van der Waals surface area contributed by atoms with Crippen molar-refractivity contribution < 1.29 is 19.6 Å². The van der Waals surface area contributed by atoms with Crippen LogP contribution in [0.2, 0.25) is 10.0 Å². The molecular formula is C18H27BCl2N2O4. The van der Waals surface area contributed by atoms with Crippen LogP contribution in [0.5, 0.6) is 0 Å². The number of rotatable bonds is 9. The minimum Gasteiger partial charge on any atom is -0.426 e. The van der Waals surface area contributed by atoms with Crippen LogP contribution in [0.25, 0.3) is 0 Å². The summed E-state index contributed by atoms with van der Waals surface area (Å²) in [6.07, 6.45) is 0.775. The molecule has 0 radical (unpaired) electrons. The lowest BCUT2D eigenvalue weighted by Crippen LogP contribution is -2.54. The van der Waals surface area contributed by atoms with Crippen LogP contribution in [0.3, 0.4) is 0 Å². The van der Waals surface area contributed by atoms with Crippen LogP contribution in [0, 0.1) is 11.8 Å². The van der Waals surface area contributed by atoms with E-state index >= 15 is 0 Å². The number of carbonyl (C=O) groups excluding carboxylic acids is 2.